The molecule has 14 rings (SSSR count). The fourth-order valence-electron chi connectivity index (χ4n) is 11.8. The molecule has 11 aromatic carbocycles. The van der Waals surface area contributed by atoms with Crippen molar-refractivity contribution in [3.63, 3.8) is 0 Å². The molecule has 0 fully saturated rings. The molecule has 0 saturated heterocycles. The van der Waals surface area contributed by atoms with E-state index in [1.165, 1.54) is 86.3 Å². The zero-order valence-corrected chi connectivity index (χ0v) is 39.3. The van der Waals surface area contributed by atoms with Crippen molar-refractivity contribution in [1.29, 1.82) is 0 Å². The Bertz CT molecular complexity index is 4110. The van der Waals surface area contributed by atoms with Crippen molar-refractivity contribution in [1.82, 2.24) is 13.7 Å². The van der Waals surface area contributed by atoms with Gasteiger partial charge >= 0.3 is 0 Å². The van der Waals surface area contributed by atoms with E-state index in [1.807, 2.05) is 0 Å². The lowest BCUT2D eigenvalue weighted by atomic mass is 10.1. The van der Waals surface area contributed by atoms with Gasteiger partial charge in [0.05, 0.1) is 38.8 Å². The monoisotopic (exact) mass is 907 g/mol. The Morgan fingerprint density at radius 3 is 1.23 bits per heavy atom. The topological polar surface area (TPSA) is 14.8 Å². The molecule has 328 valence electrons. The Kier molecular flexibility index (Phi) is 9.23. The molecule has 14 aromatic rings. The molecule has 4 heteroatoms. The molecule has 0 aliphatic rings. The standard InChI is InChI=1S/C66H45N3Si/c1-5-20-46(21-6-1)47-36-38-48(39-37-47)68-63-42-40-49(67-60-32-16-13-28-54(60)55-29-14-17-33-61(55)67)44-58(63)57-31-19-35-65(66(57)68)69-62-34-18-15-30-56(62)59-45-53(41-43-64(59)69)70(50-22-7-2-8-23-50,51-24-9-3-10-25-51)52-26-11-4-12-27-52/h1-45H. The smallest absolute Gasteiger partial charge is 0.179 e. The average Bonchev–Trinajstić information content (AvgIpc) is 4.08. The zero-order chi connectivity index (χ0) is 46.2. The molecule has 0 aliphatic heterocycles. The maximum atomic E-state index is 2.53. The van der Waals surface area contributed by atoms with Crippen molar-refractivity contribution in [2.24, 2.45) is 0 Å². The van der Waals surface area contributed by atoms with Crippen LogP contribution in [0.5, 0.6) is 0 Å². The van der Waals surface area contributed by atoms with E-state index < -0.39 is 8.07 Å². The molecule has 0 aliphatic carbocycles. The molecule has 3 nitrogen and oxygen atoms in total. The lowest BCUT2D eigenvalue weighted by Crippen LogP contribution is -2.74. The van der Waals surface area contributed by atoms with Gasteiger partial charge in [-0.2, -0.15) is 0 Å². The number of nitrogens with zero attached hydrogens (tertiary/aromatic N) is 3. The van der Waals surface area contributed by atoms with Crippen LogP contribution in [0.15, 0.2) is 273 Å². The van der Waals surface area contributed by atoms with Gasteiger partial charge in [0.25, 0.3) is 0 Å². The predicted octanol–water partition coefficient (Wildman–Crippen LogP) is 14.0. The molecule has 0 radical (unpaired) electrons. The van der Waals surface area contributed by atoms with Crippen molar-refractivity contribution < 1.29 is 0 Å². The third-order valence-corrected chi connectivity index (χ3v) is 19.6. The van der Waals surface area contributed by atoms with Gasteiger partial charge in [-0.1, -0.05) is 212 Å². The molecule has 0 N–H and O–H groups in total. The quantitative estimate of drug-likeness (QED) is 0.107. The van der Waals surface area contributed by atoms with Crippen LogP contribution in [0.2, 0.25) is 0 Å². The molecule has 0 bridgehead atoms. The van der Waals surface area contributed by atoms with E-state index in [0.717, 1.165) is 28.1 Å². The summed E-state index contributed by atoms with van der Waals surface area (Å²) in [4.78, 5) is 0. The van der Waals surface area contributed by atoms with Crippen LogP contribution in [-0.4, -0.2) is 21.8 Å². The summed E-state index contributed by atoms with van der Waals surface area (Å²) in [6.07, 6.45) is 0. The van der Waals surface area contributed by atoms with Crippen molar-refractivity contribution >= 4 is 94.2 Å². The van der Waals surface area contributed by atoms with E-state index >= 15 is 0 Å². The second kappa shape index (κ2) is 16.1. The molecule has 0 atom stereocenters. The maximum absolute atomic E-state index is 2.80. The summed E-state index contributed by atoms with van der Waals surface area (Å²) in [5.74, 6) is 0. The van der Waals surface area contributed by atoms with Crippen LogP contribution in [-0.2, 0) is 0 Å². The van der Waals surface area contributed by atoms with Gasteiger partial charge in [0.15, 0.2) is 8.07 Å². The van der Waals surface area contributed by atoms with E-state index in [2.05, 4.69) is 287 Å². The van der Waals surface area contributed by atoms with Gasteiger partial charge in [0.2, 0.25) is 0 Å². The fourth-order valence-corrected chi connectivity index (χ4v) is 16.6. The first-order valence-corrected chi connectivity index (χ1v) is 26.2. The van der Waals surface area contributed by atoms with Crippen LogP contribution in [0.3, 0.4) is 0 Å². The summed E-state index contributed by atoms with van der Waals surface area (Å²) in [7, 11) is -2.80. The number of aromatic nitrogens is 3. The van der Waals surface area contributed by atoms with Gasteiger partial charge in [0.1, 0.15) is 0 Å². The molecule has 0 spiro atoms. The third kappa shape index (κ3) is 6.00. The van der Waals surface area contributed by atoms with Gasteiger partial charge in [-0.15, -0.1) is 0 Å². The normalized spacial score (nSPS) is 12.0. The predicted molar refractivity (Wildman–Crippen MR) is 299 cm³/mol. The Labute approximate surface area is 407 Å². The lowest BCUT2D eigenvalue weighted by Gasteiger charge is -2.34. The van der Waals surface area contributed by atoms with Crippen molar-refractivity contribution in [2.45, 2.75) is 0 Å². The minimum atomic E-state index is -2.80. The summed E-state index contributed by atoms with van der Waals surface area (Å²) >= 11 is 0. The van der Waals surface area contributed by atoms with Gasteiger partial charge in [0, 0.05) is 43.7 Å². The minimum absolute atomic E-state index is 1.11. The van der Waals surface area contributed by atoms with Crippen molar-refractivity contribution in [3.05, 3.63) is 273 Å². The van der Waals surface area contributed by atoms with Gasteiger partial charge in [-0.25, -0.2) is 0 Å². The van der Waals surface area contributed by atoms with E-state index in [4.69, 9.17) is 0 Å². The molecule has 70 heavy (non-hydrogen) atoms. The number of rotatable bonds is 8. The summed E-state index contributed by atoms with van der Waals surface area (Å²) in [5, 5.41) is 12.8. The first kappa shape index (κ1) is 40.1. The molecular weight excluding hydrogens is 863 g/mol. The largest absolute Gasteiger partial charge is 0.309 e. The number of benzene rings is 11. The lowest BCUT2D eigenvalue weighted by molar-refractivity contribution is 1.13. The SMILES string of the molecule is c1ccc(-c2ccc(-n3c4ccc(-n5c6ccccc6c6ccccc65)cc4c4cccc(-n5c6ccccc6c6cc([Si](c7ccccc7)(c7ccccc7)c7ccccc7)ccc65)c43)cc2)cc1. The second-order valence-electron chi connectivity index (χ2n) is 18.4. The Hall–Kier alpha value is -8.96. The first-order chi connectivity index (χ1) is 34.8. The van der Waals surface area contributed by atoms with Crippen molar-refractivity contribution in [3.8, 4) is 28.2 Å². The molecule has 0 amide bonds. The Morgan fingerprint density at radius 2 is 0.643 bits per heavy atom. The summed E-state index contributed by atoms with van der Waals surface area (Å²) in [5.41, 5.74) is 12.9. The molecule has 3 heterocycles. The van der Waals surface area contributed by atoms with Crippen LogP contribution in [0, 0.1) is 0 Å². The number of fused-ring (bicyclic) bond motifs is 9. The van der Waals surface area contributed by atoms with Crippen molar-refractivity contribution in [2.75, 3.05) is 0 Å². The number of hydrogen-bond donors (Lipinski definition) is 0. The second-order valence-corrected chi connectivity index (χ2v) is 22.2. The maximum Gasteiger partial charge on any atom is 0.179 e. The Balaban J connectivity index is 1.05. The van der Waals surface area contributed by atoms with Gasteiger partial charge < -0.3 is 13.7 Å². The average molecular weight is 908 g/mol. The molecule has 0 saturated carbocycles. The number of para-hydroxylation sites is 4. The molecular formula is C66H45N3Si. The highest BCUT2D eigenvalue weighted by atomic mass is 28.3. The van der Waals surface area contributed by atoms with Crippen LogP contribution in [0.1, 0.15) is 0 Å². The summed E-state index contributed by atoms with van der Waals surface area (Å²) in [6, 6.07) is 101. The summed E-state index contributed by atoms with van der Waals surface area (Å²) < 4.78 is 7.45. The van der Waals surface area contributed by atoms with Crippen LogP contribution in [0.25, 0.3) is 93.6 Å². The van der Waals surface area contributed by atoms with Gasteiger partial charge in [-0.3, -0.25) is 0 Å². The van der Waals surface area contributed by atoms with Crippen LogP contribution in [0.4, 0.5) is 0 Å². The van der Waals surface area contributed by atoms with Gasteiger partial charge in [-0.05, 0) is 92.5 Å². The Morgan fingerprint density at radius 1 is 0.229 bits per heavy atom. The van der Waals surface area contributed by atoms with Crippen LogP contribution < -0.4 is 20.7 Å². The highest BCUT2D eigenvalue weighted by Crippen LogP contribution is 2.41. The molecule has 0 unspecified atom stereocenters. The first-order valence-electron chi connectivity index (χ1n) is 24.2. The highest BCUT2D eigenvalue weighted by Gasteiger charge is 2.41. The van der Waals surface area contributed by atoms with Crippen LogP contribution >= 0.6 is 0 Å². The number of hydrogen-bond acceptors (Lipinski definition) is 0. The summed E-state index contributed by atoms with van der Waals surface area (Å²) in [6.45, 7) is 0. The highest BCUT2D eigenvalue weighted by molar-refractivity contribution is 7.20. The van der Waals surface area contributed by atoms with E-state index in [1.54, 1.807) is 0 Å². The molecule has 3 aromatic heterocycles. The zero-order valence-electron chi connectivity index (χ0n) is 38.3. The third-order valence-electron chi connectivity index (χ3n) is 14.8. The van der Waals surface area contributed by atoms with E-state index in [9.17, 15) is 0 Å². The fraction of sp³-hybridized carbons (Fsp3) is 0. The van der Waals surface area contributed by atoms with E-state index in [-0.39, 0.29) is 0 Å². The minimum Gasteiger partial charge on any atom is -0.309 e. The van der Waals surface area contributed by atoms with E-state index in [0.29, 0.717) is 0 Å².